The number of thioether (sulfide) groups is 1. The van der Waals surface area contributed by atoms with Gasteiger partial charge in [-0.2, -0.15) is 11.8 Å². The minimum Gasteiger partial charge on any atom is -0.370 e. The van der Waals surface area contributed by atoms with E-state index in [0.29, 0.717) is 19.0 Å². The quantitative estimate of drug-likeness (QED) is 0.807. The van der Waals surface area contributed by atoms with Gasteiger partial charge in [-0.05, 0) is 31.5 Å². The molecule has 5 heteroatoms. The minimum atomic E-state index is 0.153. The third-order valence-corrected chi connectivity index (χ3v) is 5.01. The molecule has 1 amide bonds. The number of hydrogen-bond acceptors (Lipinski definition) is 4. The summed E-state index contributed by atoms with van der Waals surface area (Å²) in [6.45, 7) is 7.75. The van der Waals surface area contributed by atoms with Crippen molar-refractivity contribution in [2.45, 2.75) is 26.3 Å². The smallest absolute Gasteiger partial charge is 0.221 e. The highest BCUT2D eigenvalue weighted by Crippen LogP contribution is 2.15. The number of amides is 1. The molecule has 2 N–H and O–H groups in total. The van der Waals surface area contributed by atoms with Crippen LogP contribution in [-0.2, 0) is 4.79 Å². The van der Waals surface area contributed by atoms with E-state index in [4.69, 9.17) is 0 Å². The molecule has 0 spiro atoms. The zero-order valence-electron chi connectivity index (χ0n) is 13.6. The van der Waals surface area contributed by atoms with Gasteiger partial charge in [0, 0.05) is 55.8 Å². The first kappa shape index (κ1) is 17.2. The van der Waals surface area contributed by atoms with Gasteiger partial charge in [-0.3, -0.25) is 4.79 Å². The third kappa shape index (κ3) is 5.54. The monoisotopic (exact) mass is 321 g/mol. The predicted octanol–water partition coefficient (Wildman–Crippen LogP) is 2.03. The van der Waals surface area contributed by atoms with Gasteiger partial charge in [0.1, 0.15) is 0 Å². The van der Waals surface area contributed by atoms with E-state index in [1.807, 2.05) is 11.8 Å². The van der Waals surface area contributed by atoms with Crippen LogP contribution in [0.3, 0.4) is 0 Å². The van der Waals surface area contributed by atoms with Gasteiger partial charge in [-0.25, -0.2) is 0 Å². The van der Waals surface area contributed by atoms with Crippen molar-refractivity contribution >= 4 is 23.4 Å². The molecule has 1 heterocycles. The molecular formula is C17H27N3OS. The zero-order valence-corrected chi connectivity index (χ0v) is 14.4. The van der Waals surface area contributed by atoms with Crippen molar-refractivity contribution in [3.63, 3.8) is 0 Å². The fourth-order valence-corrected chi connectivity index (χ4v) is 3.62. The van der Waals surface area contributed by atoms with Crippen LogP contribution in [0.25, 0.3) is 0 Å². The number of carbonyl (C=O) groups is 1. The zero-order chi connectivity index (χ0) is 15.8. The van der Waals surface area contributed by atoms with E-state index in [1.165, 1.54) is 11.3 Å². The van der Waals surface area contributed by atoms with Crippen LogP contribution >= 0.6 is 11.8 Å². The van der Waals surface area contributed by atoms with Crippen LogP contribution in [0.15, 0.2) is 24.3 Å². The molecule has 1 unspecified atom stereocenters. The highest BCUT2D eigenvalue weighted by atomic mass is 32.2. The molecule has 2 rings (SSSR count). The molecule has 0 bridgehead atoms. The Labute approximate surface area is 138 Å². The Morgan fingerprint density at radius 1 is 1.50 bits per heavy atom. The van der Waals surface area contributed by atoms with Crippen LogP contribution in [-0.4, -0.2) is 49.6 Å². The van der Waals surface area contributed by atoms with Crippen molar-refractivity contribution in [2.75, 3.05) is 42.6 Å². The van der Waals surface area contributed by atoms with Gasteiger partial charge in [-0.1, -0.05) is 12.1 Å². The Balaban J connectivity index is 1.72. The van der Waals surface area contributed by atoms with Gasteiger partial charge in [0.15, 0.2) is 0 Å². The summed E-state index contributed by atoms with van der Waals surface area (Å²) in [5, 5.41) is 6.45. The normalized spacial score (nSPS) is 18.0. The first-order valence-electron chi connectivity index (χ1n) is 8.08. The van der Waals surface area contributed by atoms with Crippen molar-refractivity contribution in [1.82, 2.24) is 10.6 Å². The second-order valence-corrected chi connectivity index (χ2v) is 6.85. The Hall–Kier alpha value is -1.20. The highest BCUT2D eigenvalue weighted by Gasteiger charge is 2.16. The second-order valence-electron chi connectivity index (χ2n) is 5.70. The van der Waals surface area contributed by atoms with Crippen molar-refractivity contribution in [3.8, 4) is 0 Å². The Morgan fingerprint density at radius 3 is 3.05 bits per heavy atom. The second kappa shape index (κ2) is 9.06. The summed E-state index contributed by atoms with van der Waals surface area (Å²) >= 11 is 1.93. The maximum absolute atomic E-state index is 12.0. The fourth-order valence-electron chi connectivity index (χ4n) is 2.67. The average Bonchev–Trinajstić information content (AvgIpc) is 2.52. The van der Waals surface area contributed by atoms with E-state index in [-0.39, 0.29) is 5.91 Å². The lowest BCUT2D eigenvalue weighted by Gasteiger charge is -2.25. The molecule has 0 radical (unpaired) electrons. The Kier molecular flexibility index (Phi) is 7.06. The number of likely N-dealkylation sites (N-methyl/N-ethyl adjacent to an activating group) is 1. The molecule has 22 heavy (non-hydrogen) atoms. The lowest BCUT2D eigenvalue weighted by atomic mass is 10.2. The number of hydrogen-bond donors (Lipinski definition) is 2. The molecule has 1 aromatic rings. The molecular weight excluding hydrogens is 294 g/mol. The van der Waals surface area contributed by atoms with Gasteiger partial charge >= 0.3 is 0 Å². The summed E-state index contributed by atoms with van der Waals surface area (Å²) in [6, 6.07) is 8.83. The molecule has 1 aliphatic rings. The molecule has 0 aromatic heterocycles. The molecule has 0 aliphatic carbocycles. The van der Waals surface area contributed by atoms with Crippen LogP contribution < -0.4 is 15.5 Å². The van der Waals surface area contributed by atoms with Gasteiger partial charge in [-0.15, -0.1) is 0 Å². The van der Waals surface area contributed by atoms with E-state index in [2.05, 4.69) is 53.6 Å². The molecule has 1 atom stereocenters. The summed E-state index contributed by atoms with van der Waals surface area (Å²) < 4.78 is 0. The van der Waals surface area contributed by atoms with Crippen molar-refractivity contribution in [2.24, 2.45) is 0 Å². The molecule has 122 valence electrons. The largest absolute Gasteiger partial charge is 0.370 e. The molecule has 1 saturated heterocycles. The topological polar surface area (TPSA) is 44.4 Å². The molecule has 1 aliphatic heterocycles. The summed E-state index contributed by atoms with van der Waals surface area (Å²) in [5.74, 6) is 2.35. The lowest BCUT2D eigenvalue weighted by molar-refractivity contribution is -0.121. The molecule has 4 nitrogen and oxygen atoms in total. The summed E-state index contributed by atoms with van der Waals surface area (Å²) in [6.07, 6.45) is 0.587. The lowest BCUT2D eigenvalue weighted by Crippen LogP contribution is -2.42. The van der Waals surface area contributed by atoms with Crippen molar-refractivity contribution < 1.29 is 4.79 Å². The van der Waals surface area contributed by atoms with Crippen LogP contribution in [0, 0.1) is 6.92 Å². The number of nitrogens with zero attached hydrogens (tertiary/aromatic N) is 1. The number of carbonyl (C=O) groups excluding carboxylic acids is 1. The average molecular weight is 321 g/mol. The highest BCUT2D eigenvalue weighted by molar-refractivity contribution is 7.99. The fraction of sp³-hybridized carbons (Fsp3) is 0.588. The third-order valence-electron chi connectivity index (χ3n) is 3.88. The van der Waals surface area contributed by atoms with E-state index in [1.54, 1.807) is 0 Å². The first-order chi connectivity index (χ1) is 10.7. The van der Waals surface area contributed by atoms with E-state index < -0.39 is 0 Å². The molecule has 1 fully saturated rings. The minimum absolute atomic E-state index is 0.153. The number of aryl methyl sites for hydroxylation is 1. The Morgan fingerprint density at radius 2 is 2.36 bits per heavy atom. The van der Waals surface area contributed by atoms with Gasteiger partial charge in [0.2, 0.25) is 5.91 Å². The van der Waals surface area contributed by atoms with Gasteiger partial charge in [0.25, 0.3) is 0 Å². The number of anilines is 1. The van der Waals surface area contributed by atoms with E-state index >= 15 is 0 Å². The number of rotatable bonds is 7. The van der Waals surface area contributed by atoms with Crippen LogP contribution in [0.4, 0.5) is 5.69 Å². The van der Waals surface area contributed by atoms with Crippen LogP contribution in [0.5, 0.6) is 0 Å². The SMILES string of the molecule is CCN(CCNC(=O)CC1CSCCN1)c1cccc(C)c1. The summed E-state index contributed by atoms with van der Waals surface area (Å²) in [5.41, 5.74) is 2.49. The Bertz CT molecular complexity index is 475. The van der Waals surface area contributed by atoms with Crippen LogP contribution in [0.2, 0.25) is 0 Å². The summed E-state index contributed by atoms with van der Waals surface area (Å²) in [7, 11) is 0. The predicted molar refractivity (Wildman–Crippen MR) is 95.8 cm³/mol. The summed E-state index contributed by atoms with van der Waals surface area (Å²) in [4.78, 5) is 14.3. The molecule has 0 saturated carbocycles. The van der Waals surface area contributed by atoms with Gasteiger partial charge in [0.05, 0.1) is 0 Å². The maximum atomic E-state index is 12.0. The van der Waals surface area contributed by atoms with E-state index in [0.717, 1.165) is 31.1 Å². The molecule has 1 aromatic carbocycles. The number of benzene rings is 1. The van der Waals surface area contributed by atoms with Crippen LogP contribution in [0.1, 0.15) is 18.9 Å². The first-order valence-corrected chi connectivity index (χ1v) is 9.24. The maximum Gasteiger partial charge on any atom is 0.221 e. The van der Waals surface area contributed by atoms with Gasteiger partial charge < -0.3 is 15.5 Å². The van der Waals surface area contributed by atoms with Crippen molar-refractivity contribution in [1.29, 1.82) is 0 Å². The number of nitrogens with one attached hydrogen (secondary N) is 2. The van der Waals surface area contributed by atoms with Crippen molar-refractivity contribution in [3.05, 3.63) is 29.8 Å². The standard InChI is InChI=1S/C17H27N3OS/c1-3-20(16-6-4-5-14(2)11-16)9-7-19-17(21)12-15-13-22-10-8-18-15/h4-6,11,15,18H,3,7-10,12-13H2,1-2H3,(H,19,21). The van der Waals surface area contributed by atoms with E-state index in [9.17, 15) is 4.79 Å².